The Bertz CT molecular complexity index is 747. The molecule has 0 fully saturated rings. The monoisotopic (exact) mass is 488 g/mol. The van der Waals surface area contributed by atoms with Crippen LogP contribution in [0.5, 0.6) is 5.88 Å². The molecule has 150 valence electrons. The highest BCUT2D eigenvalue weighted by Gasteiger charge is 2.10. The van der Waals surface area contributed by atoms with E-state index in [1.165, 1.54) is 5.56 Å². The summed E-state index contributed by atoms with van der Waals surface area (Å²) in [6.07, 6.45) is 1.71. The van der Waals surface area contributed by atoms with Crippen LogP contribution in [0.3, 0.4) is 0 Å². The molecule has 0 aliphatic rings. The van der Waals surface area contributed by atoms with E-state index < -0.39 is 0 Å². The SMILES string of the molecule is CN=C(NCc1cccnc1OCCOC)NCc1c(C)nn(C)c1C.I. The summed E-state index contributed by atoms with van der Waals surface area (Å²) in [4.78, 5) is 8.56. The number of ether oxygens (including phenoxy) is 2. The van der Waals surface area contributed by atoms with Gasteiger partial charge in [-0.05, 0) is 19.9 Å². The van der Waals surface area contributed by atoms with Crippen LogP contribution >= 0.6 is 24.0 Å². The van der Waals surface area contributed by atoms with Gasteiger partial charge < -0.3 is 20.1 Å². The molecule has 0 spiro atoms. The van der Waals surface area contributed by atoms with E-state index in [1.807, 2.05) is 30.8 Å². The summed E-state index contributed by atoms with van der Waals surface area (Å²) in [6.45, 7) is 6.28. The fourth-order valence-corrected chi connectivity index (χ4v) is 2.56. The zero-order valence-electron chi connectivity index (χ0n) is 16.6. The van der Waals surface area contributed by atoms with Gasteiger partial charge in [0.05, 0.1) is 12.3 Å². The average Bonchev–Trinajstić information content (AvgIpc) is 2.88. The number of hydrogen-bond donors (Lipinski definition) is 2. The summed E-state index contributed by atoms with van der Waals surface area (Å²) >= 11 is 0. The van der Waals surface area contributed by atoms with Crippen molar-refractivity contribution in [3.05, 3.63) is 40.8 Å². The molecule has 0 aliphatic carbocycles. The van der Waals surface area contributed by atoms with Crippen molar-refractivity contribution >= 4 is 29.9 Å². The molecule has 0 saturated heterocycles. The molecule has 0 amide bonds. The Morgan fingerprint density at radius 1 is 1.22 bits per heavy atom. The number of methoxy groups -OCH3 is 1. The molecule has 0 aliphatic heterocycles. The Labute approximate surface area is 177 Å². The average molecular weight is 488 g/mol. The second-order valence-electron chi connectivity index (χ2n) is 5.86. The highest BCUT2D eigenvalue weighted by Crippen LogP contribution is 2.14. The number of aliphatic imine (C=N–C) groups is 1. The van der Waals surface area contributed by atoms with Crippen molar-refractivity contribution in [1.82, 2.24) is 25.4 Å². The van der Waals surface area contributed by atoms with Crippen LogP contribution in [0.4, 0.5) is 0 Å². The van der Waals surface area contributed by atoms with Crippen molar-refractivity contribution in [1.29, 1.82) is 0 Å². The van der Waals surface area contributed by atoms with Crippen LogP contribution in [-0.2, 0) is 24.9 Å². The Balaban J connectivity index is 0.00000364. The Hall–Kier alpha value is -1.88. The van der Waals surface area contributed by atoms with Gasteiger partial charge in [0.25, 0.3) is 0 Å². The van der Waals surface area contributed by atoms with Crippen molar-refractivity contribution in [3.63, 3.8) is 0 Å². The molecule has 2 N–H and O–H groups in total. The van der Waals surface area contributed by atoms with E-state index in [9.17, 15) is 0 Å². The van der Waals surface area contributed by atoms with E-state index in [-0.39, 0.29) is 24.0 Å². The number of guanidine groups is 1. The number of nitrogens with one attached hydrogen (secondary N) is 2. The molecule has 0 bridgehead atoms. The zero-order valence-corrected chi connectivity index (χ0v) is 18.9. The number of hydrogen-bond acceptors (Lipinski definition) is 5. The third-order valence-electron chi connectivity index (χ3n) is 4.14. The summed E-state index contributed by atoms with van der Waals surface area (Å²) in [5, 5.41) is 11.1. The van der Waals surface area contributed by atoms with Gasteiger partial charge in [-0.3, -0.25) is 9.67 Å². The fraction of sp³-hybridized carbons (Fsp3) is 0.500. The van der Waals surface area contributed by atoms with Gasteiger partial charge in [-0.2, -0.15) is 5.10 Å². The van der Waals surface area contributed by atoms with Crippen molar-refractivity contribution in [3.8, 4) is 5.88 Å². The van der Waals surface area contributed by atoms with E-state index in [4.69, 9.17) is 9.47 Å². The maximum absolute atomic E-state index is 5.66. The van der Waals surface area contributed by atoms with Crippen LogP contribution in [-0.4, -0.2) is 48.1 Å². The number of nitrogens with zero attached hydrogens (tertiary/aromatic N) is 4. The van der Waals surface area contributed by atoms with Crippen LogP contribution in [0, 0.1) is 13.8 Å². The maximum atomic E-state index is 5.66. The van der Waals surface area contributed by atoms with Crippen LogP contribution in [0.15, 0.2) is 23.3 Å². The van der Waals surface area contributed by atoms with Crippen LogP contribution in [0.1, 0.15) is 22.5 Å². The highest BCUT2D eigenvalue weighted by molar-refractivity contribution is 14.0. The maximum Gasteiger partial charge on any atom is 0.218 e. The first-order valence-electron chi connectivity index (χ1n) is 8.56. The predicted octanol–water partition coefficient (Wildman–Crippen LogP) is 1.94. The lowest BCUT2D eigenvalue weighted by Gasteiger charge is -2.14. The molecule has 9 heteroatoms. The molecule has 0 radical (unpaired) electrons. The number of rotatable bonds is 8. The van der Waals surface area contributed by atoms with Gasteiger partial charge in [-0.25, -0.2) is 4.98 Å². The third kappa shape index (κ3) is 6.65. The van der Waals surface area contributed by atoms with Gasteiger partial charge in [0, 0.05) is 57.3 Å². The summed E-state index contributed by atoms with van der Waals surface area (Å²) in [5.41, 5.74) is 4.31. The van der Waals surface area contributed by atoms with E-state index >= 15 is 0 Å². The molecule has 0 aromatic carbocycles. The van der Waals surface area contributed by atoms with Crippen molar-refractivity contribution in [2.75, 3.05) is 27.4 Å². The number of aryl methyl sites for hydroxylation is 2. The second-order valence-corrected chi connectivity index (χ2v) is 5.86. The largest absolute Gasteiger partial charge is 0.475 e. The summed E-state index contributed by atoms with van der Waals surface area (Å²) in [7, 11) is 5.34. The minimum absolute atomic E-state index is 0. The zero-order chi connectivity index (χ0) is 18.9. The smallest absolute Gasteiger partial charge is 0.218 e. The van der Waals surface area contributed by atoms with Crippen LogP contribution in [0.25, 0.3) is 0 Å². The third-order valence-corrected chi connectivity index (χ3v) is 4.14. The number of halogens is 1. The minimum Gasteiger partial charge on any atom is -0.475 e. The Kier molecular flexibility index (Phi) is 10.1. The Morgan fingerprint density at radius 2 is 1.96 bits per heavy atom. The first-order valence-corrected chi connectivity index (χ1v) is 8.56. The fourth-order valence-electron chi connectivity index (χ4n) is 2.56. The number of aromatic nitrogens is 3. The lowest BCUT2D eigenvalue weighted by molar-refractivity contribution is 0.143. The molecule has 27 heavy (non-hydrogen) atoms. The highest BCUT2D eigenvalue weighted by atomic mass is 127. The van der Waals surface area contributed by atoms with Crippen molar-refractivity contribution < 1.29 is 9.47 Å². The molecule has 0 atom stereocenters. The van der Waals surface area contributed by atoms with Crippen molar-refractivity contribution in [2.24, 2.45) is 12.0 Å². The summed E-state index contributed by atoms with van der Waals surface area (Å²) in [5.74, 6) is 1.31. The summed E-state index contributed by atoms with van der Waals surface area (Å²) in [6, 6.07) is 3.86. The van der Waals surface area contributed by atoms with Crippen LogP contribution < -0.4 is 15.4 Å². The van der Waals surface area contributed by atoms with Gasteiger partial charge in [0.15, 0.2) is 5.96 Å². The molecule has 2 aromatic heterocycles. The molecular weight excluding hydrogens is 459 g/mol. The van der Waals surface area contributed by atoms with E-state index in [0.717, 1.165) is 17.0 Å². The molecule has 2 rings (SSSR count). The first-order chi connectivity index (χ1) is 12.6. The van der Waals surface area contributed by atoms with Gasteiger partial charge in [0.1, 0.15) is 6.61 Å². The molecule has 2 aromatic rings. The second kappa shape index (κ2) is 11.8. The molecule has 0 unspecified atom stereocenters. The predicted molar refractivity (Wildman–Crippen MR) is 117 cm³/mol. The molecule has 2 heterocycles. The van der Waals surface area contributed by atoms with Crippen molar-refractivity contribution in [2.45, 2.75) is 26.9 Å². The molecule has 0 saturated carbocycles. The van der Waals surface area contributed by atoms with E-state index in [1.54, 1.807) is 20.4 Å². The normalized spacial score (nSPS) is 11.1. The summed E-state index contributed by atoms with van der Waals surface area (Å²) < 4.78 is 12.6. The van der Waals surface area contributed by atoms with Gasteiger partial charge in [0.2, 0.25) is 5.88 Å². The topological polar surface area (TPSA) is 85.6 Å². The van der Waals surface area contributed by atoms with Crippen LogP contribution in [0.2, 0.25) is 0 Å². The lowest BCUT2D eigenvalue weighted by Crippen LogP contribution is -2.36. The van der Waals surface area contributed by atoms with Gasteiger partial charge in [-0.15, -0.1) is 24.0 Å². The van der Waals surface area contributed by atoms with E-state index in [2.05, 4.69) is 32.6 Å². The quantitative estimate of drug-likeness (QED) is 0.256. The first kappa shape index (κ1) is 23.2. The molecule has 8 nitrogen and oxygen atoms in total. The molecular formula is C18H29IN6O2. The van der Waals surface area contributed by atoms with E-state index in [0.29, 0.717) is 38.1 Å². The van der Waals surface area contributed by atoms with Gasteiger partial charge in [-0.1, -0.05) is 6.07 Å². The lowest BCUT2D eigenvalue weighted by atomic mass is 10.2. The standard InChI is InChI=1S/C18H28N6O2.HI/c1-13-16(14(2)24(4)23-13)12-22-18(19-3)21-11-15-7-6-8-20-17(15)26-10-9-25-5;/h6-8H,9-12H2,1-5H3,(H2,19,21,22);1H. The number of pyridine rings is 1. The van der Waals surface area contributed by atoms with Gasteiger partial charge >= 0.3 is 0 Å². The minimum atomic E-state index is 0. The Morgan fingerprint density at radius 3 is 2.59 bits per heavy atom.